The van der Waals surface area contributed by atoms with E-state index in [0.717, 1.165) is 0 Å². The number of nitrogens with one attached hydrogen (secondary N) is 3. The number of hydrogen-bond acceptors (Lipinski definition) is 8. The number of hydrogen-bond donors (Lipinski definition) is 4. The number of thiocarbonyl (C=S) groups is 1. The normalized spacial score (nSPS) is 15.2. The number of benzene rings is 2. The third-order valence-electron chi connectivity index (χ3n) is 5.03. The number of methoxy groups -OCH3 is 1. The minimum atomic E-state index is -0.623. The van der Waals surface area contributed by atoms with E-state index in [2.05, 4.69) is 21.2 Å². The molecule has 190 valence electrons. The highest BCUT2D eigenvalue weighted by Crippen LogP contribution is 2.34. The lowest BCUT2D eigenvalue weighted by molar-refractivity contribution is -0.139. The van der Waals surface area contributed by atoms with Gasteiger partial charge in [0.25, 0.3) is 5.91 Å². The first kappa shape index (κ1) is 27.2. The van der Waals surface area contributed by atoms with Crippen molar-refractivity contribution in [1.82, 2.24) is 16.1 Å². The van der Waals surface area contributed by atoms with Crippen molar-refractivity contribution in [2.24, 2.45) is 5.10 Å². The summed E-state index contributed by atoms with van der Waals surface area (Å²) in [6.07, 6.45) is 1.43. The molecule has 2 aromatic carbocycles. The fourth-order valence-corrected chi connectivity index (χ4v) is 4.33. The number of hydrazone groups is 1. The van der Waals surface area contributed by atoms with Crippen LogP contribution in [0.4, 0.5) is 0 Å². The molecule has 3 rings (SSSR count). The molecule has 0 bridgehead atoms. The van der Waals surface area contributed by atoms with Crippen LogP contribution in [0.15, 0.2) is 52.8 Å². The van der Waals surface area contributed by atoms with Gasteiger partial charge in [0.05, 0.1) is 35.1 Å². The van der Waals surface area contributed by atoms with Crippen molar-refractivity contribution in [3.05, 3.63) is 62.4 Å². The number of aromatic hydroxyl groups is 1. The highest BCUT2D eigenvalue weighted by Gasteiger charge is 2.32. The van der Waals surface area contributed by atoms with Gasteiger partial charge in [0.2, 0.25) is 0 Å². The van der Waals surface area contributed by atoms with E-state index in [1.54, 1.807) is 50.2 Å². The van der Waals surface area contributed by atoms with Gasteiger partial charge in [0.15, 0.2) is 23.2 Å². The Bertz CT molecular complexity index is 1230. The molecule has 10 nitrogen and oxygen atoms in total. The smallest absolute Gasteiger partial charge is 0.338 e. The summed E-state index contributed by atoms with van der Waals surface area (Å²) in [6, 6.07) is 9.69. The zero-order chi connectivity index (χ0) is 26.2. The Morgan fingerprint density at radius 2 is 2.03 bits per heavy atom. The number of phenolic OH excluding ortho intramolecular Hbond substituents is 1. The van der Waals surface area contributed by atoms with Gasteiger partial charge in [0, 0.05) is 11.3 Å². The number of halogens is 1. The molecule has 36 heavy (non-hydrogen) atoms. The first-order valence-electron chi connectivity index (χ1n) is 10.8. The van der Waals surface area contributed by atoms with Crippen LogP contribution in [0.1, 0.15) is 31.0 Å². The summed E-state index contributed by atoms with van der Waals surface area (Å²) in [5.74, 6) is -0.248. The van der Waals surface area contributed by atoms with E-state index in [0.29, 0.717) is 42.6 Å². The third kappa shape index (κ3) is 6.63. The number of carbonyl (C=O) groups excluding carboxylic acids is 2. The number of para-hydroxylation sites is 1. The Balaban J connectivity index is 1.71. The maximum absolute atomic E-state index is 12.6. The molecule has 1 aliphatic rings. The molecule has 0 unspecified atom stereocenters. The molecule has 0 saturated heterocycles. The lowest BCUT2D eigenvalue weighted by Crippen LogP contribution is -2.45. The van der Waals surface area contributed by atoms with Crippen LogP contribution in [-0.4, -0.2) is 48.6 Å². The van der Waals surface area contributed by atoms with Gasteiger partial charge in [-0.05, 0) is 72.4 Å². The van der Waals surface area contributed by atoms with Crippen LogP contribution in [0.2, 0.25) is 0 Å². The van der Waals surface area contributed by atoms with Crippen LogP contribution >= 0.6 is 34.8 Å². The van der Waals surface area contributed by atoms with E-state index in [9.17, 15) is 14.7 Å². The van der Waals surface area contributed by atoms with Gasteiger partial charge in [-0.3, -0.25) is 4.79 Å². The van der Waals surface area contributed by atoms with E-state index in [4.69, 9.17) is 26.4 Å². The van der Waals surface area contributed by atoms with Gasteiger partial charge in [-0.25, -0.2) is 10.2 Å². The largest absolute Gasteiger partial charge is 0.504 e. The van der Waals surface area contributed by atoms with Gasteiger partial charge in [0.1, 0.15) is 5.75 Å². The second kappa shape index (κ2) is 12.5. The molecule has 1 heterocycles. The van der Waals surface area contributed by atoms with Crippen molar-refractivity contribution in [1.29, 1.82) is 0 Å². The Labute approximate surface area is 227 Å². The van der Waals surface area contributed by atoms with Crippen molar-refractivity contribution in [2.75, 3.05) is 20.3 Å². The average Bonchev–Trinajstić information content (AvgIpc) is 2.84. The van der Waals surface area contributed by atoms with Crippen molar-refractivity contribution in [3.63, 3.8) is 0 Å². The summed E-state index contributed by atoms with van der Waals surface area (Å²) in [7, 11) is 1.45. The number of esters is 1. The SMILES string of the molecule is CCOC(=O)C1=C(C)NC(=S)N[C@H]1c1ccccc1OCC(=O)NN=Cc1cc(I)c(O)c(OC)c1. The van der Waals surface area contributed by atoms with Crippen LogP contribution in [0.5, 0.6) is 17.2 Å². The number of nitrogens with zero attached hydrogens (tertiary/aromatic N) is 1. The second-order valence-corrected chi connectivity index (χ2v) is 9.03. The summed E-state index contributed by atoms with van der Waals surface area (Å²) in [5.41, 5.74) is 4.59. The number of rotatable bonds is 9. The van der Waals surface area contributed by atoms with Crippen LogP contribution in [0.3, 0.4) is 0 Å². The minimum absolute atomic E-state index is 0.0338. The van der Waals surface area contributed by atoms with Gasteiger partial charge in [-0.15, -0.1) is 0 Å². The number of amides is 1. The fourth-order valence-electron chi connectivity index (χ4n) is 3.44. The van der Waals surface area contributed by atoms with Gasteiger partial charge in [-0.1, -0.05) is 18.2 Å². The van der Waals surface area contributed by atoms with E-state index in [-0.39, 0.29) is 19.0 Å². The molecule has 1 atom stereocenters. The predicted molar refractivity (Wildman–Crippen MR) is 146 cm³/mol. The summed E-state index contributed by atoms with van der Waals surface area (Å²) in [5, 5.41) is 20.2. The predicted octanol–water partition coefficient (Wildman–Crippen LogP) is 2.89. The Kier molecular flexibility index (Phi) is 9.47. The van der Waals surface area contributed by atoms with E-state index in [1.165, 1.54) is 13.3 Å². The van der Waals surface area contributed by atoms with Crippen LogP contribution < -0.4 is 25.5 Å². The minimum Gasteiger partial charge on any atom is -0.504 e. The summed E-state index contributed by atoms with van der Waals surface area (Å²) in [6.45, 7) is 3.37. The van der Waals surface area contributed by atoms with Crippen LogP contribution in [-0.2, 0) is 14.3 Å². The molecule has 0 aliphatic carbocycles. The molecular weight excluding hydrogens is 599 g/mol. The van der Waals surface area contributed by atoms with Gasteiger partial charge < -0.3 is 30.0 Å². The lowest BCUT2D eigenvalue weighted by Gasteiger charge is -2.30. The quantitative estimate of drug-likeness (QED) is 0.109. The molecule has 0 spiro atoms. The van der Waals surface area contributed by atoms with Crippen molar-refractivity contribution in [3.8, 4) is 17.2 Å². The molecule has 1 amide bonds. The standard InChI is InChI=1S/C24H25IN4O6S/c1-4-34-23(32)20-13(2)27-24(36)28-21(20)15-7-5-6-8-17(15)35-12-19(30)29-26-11-14-9-16(25)22(31)18(10-14)33-3/h5-11,21,31H,4,12H2,1-3H3,(H,29,30)(H2,27,28,36)/t21-/m0/s1. The number of allylic oxidation sites excluding steroid dienone is 1. The van der Waals surface area contributed by atoms with Crippen LogP contribution in [0, 0.1) is 3.57 Å². The van der Waals surface area contributed by atoms with E-state index < -0.39 is 17.9 Å². The molecule has 0 saturated carbocycles. The molecule has 0 aromatic heterocycles. The molecule has 4 N–H and O–H groups in total. The van der Waals surface area contributed by atoms with Gasteiger partial charge in [-0.2, -0.15) is 5.10 Å². The maximum Gasteiger partial charge on any atom is 0.338 e. The summed E-state index contributed by atoms with van der Waals surface area (Å²) in [4.78, 5) is 25.0. The number of phenols is 1. The first-order chi connectivity index (χ1) is 17.2. The fraction of sp³-hybridized carbons (Fsp3) is 0.250. The molecular formula is C24H25IN4O6S. The molecule has 12 heteroatoms. The molecule has 2 aromatic rings. The highest BCUT2D eigenvalue weighted by atomic mass is 127. The van der Waals surface area contributed by atoms with E-state index in [1.807, 2.05) is 22.6 Å². The Morgan fingerprint density at radius 1 is 1.28 bits per heavy atom. The monoisotopic (exact) mass is 624 g/mol. The molecule has 1 aliphatic heterocycles. The summed E-state index contributed by atoms with van der Waals surface area (Å²) >= 11 is 7.25. The highest BCUT2D eigenvalue weighted by molar-refractivity contribution is 14.1. The van der Waals surface area contributed by atoms with Crippen LogP contribution in [0.25, 0.3) is 0 Å². The third-order valence-corrected chi connectivity index (χ3v) is 6.07. The van der Waals surface area contributed by atoms with E-state index >= 15 is 0 Å². The zero-order valence-corrected chi connectivity index (χ0v) is 22.7. The topological polar surface area (TPSA) is 131 Å². The lowest BCUT2D eigenvalue weighted by atomic mass is 9.95. The Morgan fingerprint density at radius 3 is 2.75 bits per heavy atom. The first-order valence-corrected chi connectivity index (χ1v) is 12.3. The average molecular weight is 624 g/mol. The summed E-state index contributed by atoms with van der Waals surface area (Å²) < 4.78 is 16.7. The second-order valence-electron chi connectivity index (χ2n) is 7.46. The van der Waals surface area contributed by atoms with Crippen molar-refractivity contribution >= 4 is 58.0 Å². The van der Waals surface area contributed by atoms with Gasteiger partial charge >= 0.3 is 5.97 Å². The van der Waals surface area contributed by atoms with Crippen molar-refractivity contribution in [2.45, 2.75) is 19.9 Å². The zero-order valence-electron chi connectivity index (χ0n) is 19.8. The molecule has 0 radical (unpaired) electrons. The number of ether oxygens (including phenoxy) is 3. The molecule has 0 fully saturated rings. The maximum atomic E-state index is 12.6. The number of carbonyl (C=O) groups is 2. The van der Waals surface area contributed by atoms with Crippen molar-refractivity contribution < 1.29 is 28.9 Å². The Hall–Kier alpha value is -3.39.